The average Bonchev–Trinajstić information content (AvgIpc) is 3.21. The summed E-state index contributed by atoms with van der Waals surface area (Å²) in [6, 6.07) is 2.80. The first-order valence-corrected chi connectivity index (χ1v) is 14.9. The zero-order valence-corrected chi connectivity index (χ0v) is 25.4. The molecule has 1 aromatic heterocycles. The highest BCUT2D eigenvalue weighted by Gasteiger charge is 2.27. The van der Waals surface area contributed by atoms with Crippen LogP contribution in [0, 0.1) is 17.6 Å². The van der Waals surface area contributed by atoms with Crippen LogP contribution in [0.4, 0.5) is 19.7 Å². The molecule has 2 aromatic rings. The summed E-state index contributed by atoms with van der Waals surface area (Å²) in [6.07, 6.45) is 5.70. The first-order chi connectivity index (χ1) is 18.4. The van der Waals surface area contributed by atoms with Gasteiger partial charge < -0.3 is 20.6 Å². The number of benzene rings is 1. The number of nitrogens with one attached hydrogen (secondary N) is 2. The lowest BCUT2D eigenvalue weighted by Crippen LogP contribution is -2.22. The van der Waals surface area contributed by atoms with Gasteiger partial charge in [0.15, 0.2) is 10.9 Å². The van der Waals surface area contributed by atoms with Crippen molar-refractivity contribution in [3.05, 3.63) is 39.8 Å². The van der Waals surface area contributed by atoms with E-state index in [-0.39, 0.29) is 17.4 Å². The van der Waals surface area contributed by atoms with Crippen molar-refractivity contribution < 1.29 is 23.5 Å². The molecule has 39 heavy (non-hydrogen) atoms. The molecule has 0 bridgehead atoms. The molecule has 1 saturated carbocycles. The molecule has 0 aliphatic heterocycles. The van der Waals surface area contributed by atoms with Crippen molar-refractivity contribution in [3.63, 3.8) is 0 Å². The van der Waals surface area contributed by atoms with Crippen LogP contribution < -0.4 is 15.8 Å². The lowest BCUT2D eigenvalue weighted by molar-refractivity contribution is -0.122. The lowest BCUT2D eigenvalue weighted by Gasteiger charge is -2.22. The summed E-state index contributed by atoms with van der Waals surface area (Å²) in [4.78, 5) is 28.1. The number of nitrogens with zero attached hydrogens (tertiary/aromatic N) is 2. The topological polar surface area (TPSA) is 121 Å². The summed E-state index contributed by atoms with van der Waals surface area (Å²) >= 11 is 2.56. The Hall–Kier alpha value is -2.28. The van der Waals surface area contributed by atoms with Crippen LogP contribution in [0.15, 0.2) is 12.1 Å². The van der Waals surface area contributed by atoms with Gasteiger partial charge in [0.05, 0.1) is 5.56 Å². The number of hydrogen-bond donors (Lipinski definition) is 4. The summed E-state index contributed by atoms with van der Waals surface area (Å²) in [5, 5.41) is 19.2. The van der Waals surface area contributed by atoms with Crippen molar-refractivity contribution in [2.45, 2.75) is 78.4 Å². The van der Waals surface area contributed by atoms with Crippen molar-refractivity contribution in [1.82, 2.24) is 9.88 Å². The fraction of sp³-hybridized carbons (Fsp3) is 0.593. The molecule has 1 heterocycles. The predicted molar refractivity (Wildman–Crippen MR) is 159 cm³/mol. The summed E-state index contributed by atoms with van der Waals surface area (Å²) in [5.74, 6) is -0.196. The smallest absolute Gasteiger partial charge is 0.290 e. The summed E-state index contributed by atoms with van der Waals surface area (Å²) in [6.45, 7) is 8.30. The van der Waals surface area contributed by atoms with Gasteiger partial charge in [0.1, 0.15) is 16.5 Å². The minimum atomic E-state index is -0.845. The quantitative estimate of drug-likeness (QED) is 0.146. The molecule has 1 aromatic carbocycles. The number of aromatic nitrogens is 1. The van der Waals surface area contributed by atoms with Crippen LogP contribution in [0.1, 0.15) is 80.6 Å². The van der Waals surface area contributed by atoms with Gasteiger partial charge in [-0.3, -0.25) is 14.7 Å². The molecular weight excluding hydrogens is 544 g/mol. The first kappa shape index (κ1) is 34.7. The maximum Gasteiger partial charge on any atom is 0.290 e. The third-order valence-corrected chi connectivity index (χ3v) is 7.29. The fourth-order valence-corrected chi connectivity index (χ4v) is 5.27. The van der Waals surface area contributed by atoms with Gasteiger partial charge in [-0.15, -0.1) is 0 Å². The Morgan fingerprint density at radius 1 is 1.21 bits per heavy atom. The molecule has 1 aliphatic rings. The van der Waals surface area contributed by atoms with Gasteiger partial charge in [-0.05, 0) is 64.4 Å². The van der Waals surface area contributed by atoms with E-state index in [1.54, 1.807) is 0 Å². The molecule has 0 saturated heterocycles. The number of carbonyl (C=O) groups excluding carboxylic acids is 1. The van der Waals surface area contributed by atoms with E-state index in [1.165, 1.54) is 43.3 Å². The monoisotopic (exact) mass is 587 g/mol. The first-order valence-electron chi connectivity index (χ1n) is 13.0. The SMILES string of the molecule is CC(C)CSN.CC(C)Nc1nc(NC2CCCCC2)sc1C(=O)c1c(F)cc(CN(C)C)cc1F.O=CO. The number of anilines is 2. The van der Waals surface area contributed by atoms with Gasteiger partial charge in [0, 0.05) is 24.4 Å². The molecule has 8 nitrogen and oxygen atoms in total. The van der Waals surface area contributed by atoms with Crippen LogP contribution in [0.25, 0.3) is 0 Å². The molecule has 12 heteroatoms. The Morgan fingerprint density at radius 2 is 1.77 bits per heavy atom. The second-order valence-corrected chi connectivity index (χ2v) is 12.0. The third kappa shape index (κ3) is 12.6. The summed E-state index contributed by atoms with van der Waals surface area (Å²) < 4.78 is 29.5. The van der Waals surface area contributed by atoms with Crippen LogP contribution in [0.5, 0.6) is 0 Å². The largest absolute Gasteiger partial charge is 0.483 e. The van der Waals surface area contributed by atoms with Gasteiger partial charge in [-0.2, -0.15) is 0 Å². The van der Waals surface area contributed by atoms with Gasteiger partial charge in [-0.25, -0.2) is 13.8 Å². The number of ketones is 1. The molecule has 0 spiro atoms. The Labute approximate surface area is 239 Å². The maximum atomic E-state index is 14.7. The molecule has 220 valence electrons. The van der Waals surface area contributed by atoms with Crippen LogP contribution in [-0.4, -0.2) is 59.2 Å². The van der Waals surface area contributed by atoms with Crippen LogP contribution in [0.2, 0.25) is 0 Å². The highest BCUT2D eigenvalue weighted by molar-refractivity contribution is 7.97. The van der Waals surface area contributed by atoms with Gasteiger partial charge in [-0.1, -0.05) is 56.4 Å². The number of nitrogens with two attached hydrogens (primary N) is 1. The Morgan fingerprint density at radius 3 is 2.21 bits per heavy atom. The minimum Gasteiger partial charge on any atom is -0.483 e. The highest BCUT2D eigenvalue weighted by Crippen LogP contribution is 2.33. The second-order valence-electron chi connectivity index (χ2n) is 10.3. The average molecular weight is 588 g/mol. The zero-order chi connectivity index (χ0) is 29.5. The minimum absolute atomic E-state index is 0.0262. The number of halogens is 2. The standard InChI is InChI=1S/C22H30F2N4OS.C4H11NS.CH2O2/c1-13(2)25-21-20(30-22(27-21)26-15-8-6-5-7-9-15)19(29)18-16(23)10-14(11-17(18)24)12-28(3)4;1-4(2)3-6-5;2-1-3/h10-11,13,15,25H,5-9,12H2,1-4H3,(H,26,27);4H,3,5H2,1-2H3;1H,(H,2,3). The number of carbonyl (C=O) groups is 2. The van der Waals surface area contributed by atoms with E-state index >= 15 is 0 Å². The van der Waals surface area contributed by atoms with Gasteiger partial charge in [0.25, 0.3) is 6.47 Å². The summed E-state index contributed by atoms with van der Waals surface area (Å²) in [5.41, 5.74) is -0.0479. The number of hydrogen-bond acceptors (Lipinski definition) is 9. The van der Waals surface area contributed by atoms with E-state index in [2.05, 4.69) is 29.5 Å². The van der Waals surface area contributed by atoms with E-state index in [0.717, 1.165) is 35.8 Å². The zero-order valence-electron chi connectivity index (χ0n) is 23.7. The van der Waals surface area contributed by atoms with Crippen molar-refractivity contribution in [2.75, 3.05) is 30.5 Å². The number of thiazole rings is 1. The van der Waals surface area contributed by atoms with E-state index in [4.69, 9.17) is 15.0 Å². The molecule has 0 amide bonds. The number of rotatable bonds is 10. The normalized spacial score (nSPS) is 13.4. The molecule has 1 fully saturated rings. The molecule has 5 N–H and O–H groups in total. The van der Waals surface area contributed by atoms with Crippen molar-refractivity contribution in [1.29, 1.82) is 0 Å². The Kier molecular flexibility index (Phi) is 16.2. The van der Waals surface area contributed by atoms with E-state index < -0.39 is 23.0 Å². The van der Waals surface area contributed by atoms with Crippen LogP contribution >= 0.6 is 23.3 Å². The van der Waals surface area contributed by atoms with E-state index in [1.807, 2.05) is 32.8 Å². The maximum absolute atomic E-state index is 14.7. The van der Waals surface area contributed by atoms with Crippen molar-refractivity contribution in [3.8, 4) is 0 Å². The molecule has 1 aliphatic carbocycles. The van der Waals surface area contributed by atoms with Gasteiger partial charge in [0.2, 0.25) is 5.78 Å². The van der Waals surface area contributed by atoms with Gasteiger partial charge >= 0.3 is 0 Å². The van der Waals surface area contributed by atoms with Crippen LogP contribution in [0.3, 0.4) is 0 Å². The lowest BCUT2D eigenvalue weighted by atomic mass is 9.96. The fourth-order valence-electron chi connectivity index (χ4n) is 3.93. The third-order valence-electron chi connectivity index (χ3n) is 5.45. The molecule has 0 unspecified atom stereocenters. The highest BCUT2D eigenvalue weighted by atomic mass is 32.2. The Bertz CT molecular complexity index is 1010. The molecule has 3 rings (SSSR count). The number of carboxylic acid groups (broad SMARTS) is 1. The van der Waals surface area contributed by atoms with Crippen molar-refractivity contribution in [2.24, 2.45) is 11.1 Å². The summed E-state index contributed by atoms with van der Waals surface area (Å²) in [7, 11) is 3.63. The second kappa shape index (κ2) is 18.1. The molecular formula is C27H43F2N5O3S2. The van der Waals surface area contributed by atoms with Crippen LogP contribution in [-0.2, 0) is 11.3 Å². The van der Waals surface area contributed by atoms with Crippen molar-refractivity contribution >= 4 is 46.5 Å². The van der Waals surface area contributed by atoms with E-state index in [0.29, 0.717) is 29.1 Å². The van der Waals surface area contributed by atoms with E-state index in [9.17, 15) is 13.6 Å². The molecule has 0 radical (unpaired) electrons. The predicted octanol–water partition coefficient (Wildman–Crippen LogP) is 6.23. The Balaban J connectivity index is 0.000000734. The molecule has 0 atom stereocenters.